The molecular weight excluding hydrogens is 238 g/mol. The zero-order chi connectivity index (χ0) is 13.3. The number of rotatable bonds is 7. The molecule has 106 valence electrons. The van der Waals surface area contributed by atoms with Crippen molar-refractivity contribution in [1.29, 1.82) is 0 Å². The Balaban J connectivity index is 1.55. The molecule has 3 heteroatoms. The van der Waals surface area contributed by atoms with Crippen LogP contribution in [0.1, 0.15) is 32.1 Å². The molecule has 1 fully saturated rings. The lowest BCUT2D eigenvalue weighted by Crippen LogP contribution is -2.88. The summed E-state index contributed by atoms with van der Waals surface area (Å²) in [6, 6.07) is 9.67. The lowest BCUT2D eigenvalue weighted by Gasteiger charge is -2.20. The largest absolute Gasteiger partial charge is 0.491 e. The van der Waals surface area contributed by atoms with Crippen LogP contribution in [0.5, 0.6) is 5.75 Å². The molecule has 0 aliphatic heterocycles. The van der Waals surface area contributed by atoms with E-state index in [4.69, 9.17) is 4.74 Å². The topological polar surface area (TPSA) is 46.1 Å². The molecule has 0 bridgehead atoms. The lowest BCUT2D eigenvalue weighted by molar-refractivity contribution is -0.667. The van der Waals surface area contributed by atoms with Crippen molar-refractivity contribution < 1.29 is 15.2 Å². The maximum Gasteiger partial charge on any atom is 0.137 e. The summed E-state index contributed by atoms with van der Waals surface area (Å²) in [6.45, 7) is 2.27. The molecule has 1 aromatic rings. The molecule has 1 aliphatic carbocycles. The van der Waals surface area contributed by atoms with Crippen molar-refractivity contribution in [2.45, 2.75) is 38.2 Å². The molecule has 3 N–H and O–H groups in total. The second-order valence-corrected chi connectivity index (χ2v) is 5.54. The number of aliphatic hydroxyl groups is 1. The fourth-order valence-electron chi connectivity index (χ4n) is 2.72. The number of hydrogen-bond donors (Lipinski definition) is 2. The molecule has 0 aromatic heterocycles. The van der Waals surface area contributed by atoms with Crippen LogP contribution < -0.4 is 10.1 Å². The van der Waals surface area contributed by atoms with Gasteiger partial charge in [-0.15, -0.1) is 0 Å². The number of ether oxygens (including phenoxy) is 1. The number of benzene rings is 1. The SMILES string of the molecule is O[C@H](C[NH2+]CC1CCCCC1)COc1ccccc1. The molecule has 0 spiro atoms. The Kier molecular flexibility index (Phi) is 6.18. The smallest absolute Gasteiger partial charge is 0.137 e. The molecule has 3 nitrogen and oxygen atoms in total. The second-order valence-electron chi connectivity index (χ2n) is 5.54. The van der Waals surface area contributed by atoms with E-state index in [-0.39, 0.29) is 6.10 Å². The third-order valence-electron chi connectivity index (χ3n) is 3.85. The number of aliphatic hydroxyl groups excluding tert-OH is 1. The van der Waals surface area contributed by atoms with Gasteiger partial charge in [0.25, 0.3) is 0 Å². The summed E-state index contributed by atoms with van der Waals surface area (Å²) in [5, 5.41) is 12.1. The first-order valence-corrected chi connectivity index (χ1v) is 7.52. The third kappa shape index (κ3) is 5.62. The minimum Gasteiger partial charge on any atom is -0.491 e. The normalized spacial score (nSPS) is 18.2. The molecule has 1 atom stereocenters. The molecule has 0 radical (unpaired) electrons. The summed E-state index contributed by atoms with van der Waals surface area (Å²) in [5.74, 6) is 1.69. The Hall–Kier alpha value is -1.06. The zero-order valence-corrected chi connectivity index (χ0v) is 11.6. The Bertz CT molecular complexity index is 336. The summed E-state index contributed by atoms with van der Waals surface area (Å²) in [6.07, 6.45) is 6.53. The van der Waals surface area contributed by atoms with E-state index in [1.807, 2.05) is 30.3 Å². The lowest BCUT2D eigenvalue weighted by atomic mass is 9.89. The van der Waals surface area contributed by atoms with Crippen LogP contribution >= 0.6 is 0 Å². The second kappa shape index (κ2) is 8.18. The summed E-state index contributed by atoms with van der Waals surface area (Å²) in [5.41, 5.74) is 0. The quantitative estimate of drug-likeness (QED) is 0.785. The fraction of sp³-hybridized carbons (Fsp3) is 0.625. The molecule has 0 amide bonds. The molecular formula is C16H26NO2+. The van der Waals surface area contributed by atoms with Crippen LogP contribution in [0.4, 0.5) is 0 Å². The minimum absolute atomic E-state index is 0.380. The Morgan fingerprint density at radius 3 is 2.63 bits per heavy atom. The van der Waals surface area contributed by atoms with Crippen LogP contribution in [-0.4, -0.2) is 30.9 Å². The van der Waals surface area contributed by atoms with Crippen molar-refractivity contribution in [3.63, 3.8) is 0 Å². The van der Waals surface area contributed by atoms with E-state index in [9.17, 15) is 5.11 Å². The average molecular weight is 264 g/mol. The standard InChI is InChI=1S/C16H25NO2/c18-15(13-19-16-9-5-2-6-10-16)12-17-11-14-7-3-1-4-8-14/h2,5-6,9-10,14-15,17-18H,1,3-4,7-8,11-13H2/p+1/t15-/m1/s1. The van der Waals surface area contributed by atoms with E-state index in [0.29, 0.717) is 6.61 Å². The van der Waals surface area contributed by atoms with Gasteiger partial charge in [0.2, 0.25) is 0 Å². The maximum absolute atomic E-state index is 9.88. The van der Waals surface area contributed by atoms with Crippen molar-refractivity contribution in [3.8, 4) is 5.75 Å². The van der Waals surface area contributed by atoms with Crippen molar-refractivity contribution >= 4 is 0 Å². The Morgan fingerprint density at radius 1 is 1.16 bits per heavy atom. The summed E-state index contributed by atoms with van der Waals surface area (Å²) in [7, 11) is 0. The van der Waals surface area contributed by atoms with Crippen LogP contribution in [0.2, 0.25) is 0 Å². The first kappa shape index (κ1) is 14.4. The predicted octanol–water partition coefficient (Wildman–Crippen LogP) is 1.57. The van der Waals surface area contributed by atoms with Gasteiger partial charge in [0, 0.05) is 5.92 Å². The molecule has 0 saturated heterocycles. The van der Waals surface area contributed by atoms with E-state index < -0.39 is 0 Å². The summed E-state index contributed by atoms with van der Waals surface area (Å²) >= 11 is 0. The van der Waals surface area contributed by atoms with Gasteiger partial charge in [0.05, 0.1) is 6.54 Å². The first-order chi connectivity index (χ1) is 9.34. The number of nitrogens with two attached hydrogens (primary N) is 1. The average Bonchev–Trinajstić information content (AvgIpc) is 2.47. The summed E-state index contributed by atoms with van der Waals surface area (Å²) < 4.78 is 5.54. The minimum atomic E-state index is -0.385. The number of para-hydroxylation sites is 1. The van der Waals surface area contributed by atoms with Crippen LogP contribution in [0.15, 0.2) is 30.3 Å². The number of hydrogen-bond acceptors (Lipinski definition) is 2. The third-order valence-corrected chi connectivity index (χ3v) is 3.85. The molecule has 0 unspecified atom stereocenters. The van der Waals surface area contributed by atoms with E-state index in [0.717, 1.165) is 24.8 Å². The molecule has 0 heterocycles. The highest BCUT2D eigenvalue weighted by molar-refractivity contribution is 5.20. The van der Waals surface area contributed by atoms with E-state index in [2.05, 4.69) is 5.32 Å². The van der Waals surface area contributed by atoms with Gasteiger partial charge in [-0.05, 0) is 25.0 Å². The van der Waals surface area contributed by atoms with Crippen molar-refractivity contribution in [2.24, 2.45) is 5.92 Å². The molecule has 2 rings (SSSR count). The molecule has 19 heavy (non-hydrogen) atoms. The zero-order valence-electron chi connectivity index (χ0n) is 11.6. The highest BCUT2D eigenvalue weighted by Crippen LogP contribution is 2.21. The predicted molar refractivity (Wildman–Crippen MR) is 76.2 cm³/mol. The molecule has 1 aliphatic rings. The van der Waals surface area contributed by atoms with Gasteiger partial charge in [-0.25, -0.2) is 0 Å². The van der Waals surface area contributed by atoms with Crippen molar-refractivity contribution in [1.82, 2.24) is 0 Å². The van der Waals surface area contributed by atoms with E-state index in [1.54, 1.807) is 0 Å². The molecule has 1 aromatic carbocycles. The van der Waals surface area contributed by atoms with E-state index in [1.165, 1.54) is 32.1 Å². The van der Waals surface area contributed by atoms with Gasteiger partial charge in [-0.1, -0.05) is 37.5 Å². The summed E-state index contributed by atoms with van der Waals surface area (Å²) in [4.78, 5) is 0. The van der Waals surface area contributed by atoms with Gasteiger partial charge >= 0.3 is 0 Å². The van der Waals surface area contributed by atoms with Crippen LogP contribution in [-0.2, 0) is 0 Å². The van der Waals surface area contributed by atoms with Gasteiger partial charge in [-0.3, -0.25) is 0 Å². The van der Waals surface area contributed by atoms with Gasteiger partial charge in [0.1, 0.15) is 25.0 Å². The maximum atomic E-state index is 9.88. The van der Waals surface area contributed by atoms with Crippen molar-refractivity contribution in [3.05, 3.63) is 30.3 Å². The Morgan fingerprint density at radius 2 is 1.89 bits per heavy atom. The van der Waals surface area contributed by atoms with Crippen molar-refractivity contribution in [2.75, 3.05) is 19.7 Å². The first-order valence-electron chi connectivity index (χ1n) is 7.52. The van der Waals surface area contributed by atoms with Gasteiger partial charge in [-0.2, -0.15) is 0 Å². The number of quaternary nitrogens is 1. The van der Waals surface area contributed by atoms with Gasteiger partial charge < -0.3 is 15.2 Å². The Labute approximate surface area is 116 Å². The highest BCUT2D eigenvalue weighted by atomic mass is 16.5. The van der Waals surface area contributed by atoms with Crippen LogP contribution in [0.3, 0.4) is 0 Å². The van der Waals surface area contributed by atoms with Gasteiger partial charge in [0.15, 0.2) is 0 Å². The monoisotopic (exact) mass is 264 g/mol. The fourth-order valence-corrected chi connectivity index (χ4v) is 2.72. The van der Waals surface area contributed by atoms with E-state index >= 15 is 0 Å². The highest BCUT2D eigenvalue weighted by Gasteiger charge is 2.15. The molecule has 1 saturated carbocycles. The van der Waals surface area contributed by atoms with Crippen LogP contribution in [0.25, 0.3) is 0 Å². The van der Waals surface area contributed by atoms with Crippen LogP contribution in [0, 0.1) is 5.92 Å².